The van der Waals surface area contributed by atoms with Crippen LogP contribution in [0.25, 0.3) is 21.6 Å². The number of aryl methyl sites for hydroxylation is 1. The molecule has 2 aromatic heterocycles. The van der Waals surface area contributed by atoms with E-state index < -0.39 is 17.4 Å². The van der Waals surface area contributed by atoms with Crippen molar-refractivity contribution in [2.75, 3.05) is 5.32 Å². The van der Waals surface area contributed by atoms with E-state index in [1.165, 1.54) is 9.95 Å². The molecule has 0 radical (unpaired) electrons. The zero-order chi connectivity index (χ0) is 23.0. The Labute approximate surface area is 191 Å². The van der Waals surface area contributed by atoms with Crippen molar-refractivity contribution in [3.63, 3.8) is 0 Å². The fourth-order valence-corrected chi connectivity index (χ4v) is 4.49. The summed E-state index contributed by atoms with van der Waals surface area (Å²) in [6.45, 7) is 3.35. The molecule has 0 bridgehead atoms. The molecule has 0 aliphatic rings. The average molecular weight is 468 g/mol. The molecule has 0 spiro atoms. The van der Waals surface area contributed by atoms with Crippen molar-refractivity contribution in [1.82, 2.24) is 9.55 Å². The topological polar surface area (TPSA) is 101 Å². The average Bonchev–Trinajstić information content (AvgIpc) is 3.18. The minimum Gasteiger partial charge on any atom is -0.478 e. The van der Waals surface area contributed by atoms with Gasteiger partial charge in [-0.15, -0.1) is 11.3 Å². The quantitative estimate of drug-likeness (QED) is 0.441. The van der Waals surface area contributed by atoms with E-state index in [0.717, 1.165) is 16.9 Å². The molecular formula is C23H18ClN3O4S. The van der Waals surface area contributed by atoms with Crippen LogP contribution in [0.4, 0.5) is 5.69 Å². The maximum atomic E-state index is 13.4. The van der Waals surface area contributed by atoms with Crippen LogP contribution in [0.3, 0.4) is 0 Å². The molecule has 9 heteroatoms. The summed E-state index contributed by atoms with van der Waals surface area (Å²) in [5.41, 5.74) is 2.14. The highest BCUT2D eigenvalue weighted by Gasteiger charge is 2.22. The number of nitrogens with zero attached hydrogens (tertiary/aromatic N) is 2. The van der Waals surface area contributed by atoms with Gasteiger partial charge in [-0.05, 0) is 37.6 Å². The number of thiophene rings is 1. The maximum Gasteiger partial charge on any atom is 0.337 e. The van der Waals surface area contributed by atoms with Gasteiger partial charge in [0.2, 0.25) is 5.91 Å². The largest absolute Gasteiger partial charge is 0.478 e. The van der Waals surface area contributed by atoms with Crippen LogP contribution >= 0.6 is 22.9 Å². The second-order valence-corrected chi connectivity index (χ2v) is 8.56. The van der Waals surface area contributed by atoms with Crippen LogP contribution < -0.4 is 10.9 Å². The molecule has 0 aliphatic carbocycles. The van der Waals surface area contributed by atoms with Crippen molar-refractivity contribution in [2.45, 2.75) is 20.4 Å². The number of anilines is 1. The Morgan fingerprint density at radius 2 is 1.94 bits per heavy atom. The molecule has 0 aliphatic heterocycles. The lowest BCUT2D eigenvalue weighted by Gasteiger charge is -2.14. The third kappa shape index (κ3) is 4.02. The fraction of sp³-hybridized carbons (Fsp3) is 0.130. The van der Waals surface area contributed by atoms with Gasteiger partial charge in [-0.25, -0.2) is 9.78 Å². The first-order valence-electron chi connectivity index (χ1n) is 9.63. The van der Waals surface area contributed by atoms with Crippen LogP contribution in [0, 0.1) is 13.8 Å². The van der Waals surface area contributed by atoms with E-state index in [-0.39, 0.29) is 17.5 Å². The summed E-state index contributed by atoms with van der Waals surface area (Å²) in [4.78, 5) is 42.7. The minimum absolute atomic E-state index is 0.00867. The van der Waals surface area contributed by atoms with Crippen molar-refractivity contribution >= 4 is 50.7 Å². The number of halogens is 1. The molecule has 1 amide bonds. The maximum absolute atomic E-state index is 13.4. The number of carboxylic acid groups (broad SMARTS) is 1. The van der Waals surface area contributed by atoms with Gasteiger partial charge in [0, 0.05) is 21.7 Å². The van der Waals surface area contributed by atoms with Gasteiger partial charge in [0.15, 0.2) is 0 Å². The summed E-state index contributed by atoms with van der Waals surface area (Å²) in [6.07, 6.45) is 0. The van der Waals surface area contributed by atoms with Gasteiger partial charge in [0.1, 0.15) is 17.2 Å². The molecule has 0 saturated heterocycles. The third-order valence-electron chi connectivity index (χ3n) is 5.04. The van der Waals surface area contributed by atoms with Crippen LogP contribution in [-0.2, 0) is 11.3 Å². The number of amides is 1. The van der Waals surface area contributed by atoms with Crippen molar-refractivity contribution in [2.24, 2.45) is 0 Å². The highest BCUT2D eigenvalue weighted by Crippen LogP contribution is 2.26. The SMILES string of the molecule is Cc1cccc(-c2nc3scc(C(=O)O)c3c(=O)n2CC(=O)Nc2cccc(Cl)c2C)c1. The lowest BCUT2D eigenvalue weighted by molar-refractivity contribution is -0.116. The molecular weight excluding hydrogens is 450 g/mol. The number of carboxylic acids is 1. The third-order valence-corrected chi connectivity index (χ3v) is 6.33. The van der Waals surface area contributed by atoms with Gasteiger partial charge in [0.25, 0.3) is 5.56 Å². The molecule has 0 saturated carbocycles. The van der Waals surface area contributed by atoms with Gasteiger partial charge in [-0.3, -0.25) is 14.2 Å². The second-order valence-electron chi connectivity index (χ2n) is 7.29. The molecule has 32 heavy (non-hydrogen) atoms. The Balaban J connectivity index is 1.84. The number of aromatic carboxylic acids is 1. The van der Waals surface area contributed by atoms with E-state index in [0.29, 0.717) is 32.5 Å². The highest BCUT2D eigenvalue weighted by atomic mass is 35.5. The van der Waals surface area contributed by atoms with Crippen molar-refractivity contribution < 1.29 is 14.7 Å². The molecule has 0 unspecified atom stereocenters. The molecule has 7 nitrogen and oxygen atoms in total. The summed E-state index contributed by atoms with van der Waals surface area (Å²) >= 11 is 7.21. The summed E-state index contributed by atoms with van der Waals surface area (Å²) in [6, 6.07) is 12.5. The first kappa shape index (κ1) is 21.7. The summed E-state index contributed by atoms with van der Waals surface area (Å²) < 4.78 is 1.21. The summed E-state index contributed by atoms with van der Waals surface area (Å²) in [5.74, 6) is -1.38. The monoisotopic (exact) mass is 467 g/mol. The van der Waals surface area contributed by atoms with E-state index in [1.54, 1.807) is 31.2 Å². The first-order valence-corrected chi connectivity index (χ1v) is 10.9. The number of carbonyl (C=O) groups excluding carboxylic acids is 1. The molecule has 0 atom stereocenters. The molecule has 162 valence electrons. The molecule has 4 aromatic rings. The standard InChI is InChI=1S/C23H18ClN3O4S/c1-12-5-3-6-14(9-12)20-26-21-19(15(11-32-21)23(30)31)22(29)27(20)10-18(28)25-17-8-4-7-16(24)13(17)2/h3-9,11H,10H2,1-2H3,(H,25,28)(H,30,31). The number of rotatable bonds is 5. The lowest BCUT2D eigenvalue weighted by atomic mass is 10.1. The van der Waals surface area contributed by atoms with E-state index in [1.807, 2.05) is 25.1 Å². The zero-order valence-corrected chi connectivity index (χ0v) is 18.8. The van der Waals surface area contributed by atoms with Gasteiger partial charge in [-0.2, -0.15) is 0 Å². The fourth-order valence-electron chi connectivity index (χ4n) is 3.41. The Bertz CT molecular complexity index is 1440. The molecule has 2 aromatic carbocycles. The predicted octanol–water partition coefficient (Wildman–Crippen LogP) is 4.73. The van der Waals surface area contributed by atoms with Gasteiger partial charge in [-0.1, -0.05) is 41.4 Å². The van der Waals surface area contributed by atoms with E-state index in [4.69, 9.17) is 11.6 Å². The predicted molar refractivity (Wildman–Crippen MR) is 126 cm³/mol. The number of carbonyl (C=O) groups is 2. The minimum atomic E-state index is -1.22. The Hall–Kier alpha value is -3.49. The molecule has 2 N–H and O–H groups in total. The normalized spacial score (nSPS) is 11.0. The van der Waals surface area contributed by atoms with Crippen LogP contribution in [0.1, 0.15) is 21.5 Å². The molecule has 2 heterocycles. The second kappa shape index (κ2) is 8.57. The van der Waals surface area contributed by atoms with E-state index in [2.05, 4.69) is 10.3 Å². The Morgan fingerprint density at radius 3 is 2.66 bits per heavy atom. The number of aromatic nitrogens is 2. The van der Waals surface area contributed by atoms with Gasteiger partial charge >= 0.3 is 5.97 Å². The van der Waals surface area contributed by atoms with Gasteiger partial charge < -0.3 is 10.4 Å². The summed E-state index contributed by atoms with van der Waals surface area (Å²) in [5, 5.41) is 14.1. The van der Waals surface area contributed by atoms with E-state index >= 15 is 0 Å². The zero-order valence-electron chi connectivity index (χ0n) is 17.2. The Kier molecular flexibility index (Phi) is 5.82. The van der Waals surface area contributed by atoms with E-state index in [9.17, 15) is 19.5 Å². The number of hydrogen-bond donors (Lipinski definition) is 2. The molecule has 0 fully saturated rings. The Morgan fingerprint density at radius 1 is 1.19 bits per heavy atom. The lowest BCUT2D eigenvalue weighted by Crippen LogP contribution is -2.30. The van der Waals surface area contributed by atoms with Crippen LogP contribution in [0.15, 0.2) is 52.6 Å². The van der Waals surface area contributed by atoms with Gasteiger partial charge in [0.05, 0.1) is 10.9 Å². The molecule has 4 rings (SSSR count). The number of hydrogen-bond acceptors (Lipinski definition) is 5. The van der Waals surface area contributed by atoms with Crippen molar-refractivity contribution in [1.29, 1.82) is 0 Å². The van der Waals surface area contributed by atoms with Crippen molar-refractivity contribution in [3.05, 3.63) is 79.9 Å². The highest BCUT2D eigenvalue weighted by molar-refractivity contribution is 7.17. The van der Waals surface area contributed by atoms with Crippen molar-refractivity contribution in [3.8, 4) is 11.4 Å². The smallest absolute Gasteiger partial charge is 0.337 e. The van der Waals surface area contributed by atoms with Crippen LogP contribution in [0.5, 0.6) is 0 Å². The van der Waals surface area contributed by atoms with Crippen LogP contribution in [0.2, 0.25) is 5.02 Å². The van der Waals surface area contributed by atoms with Crippen LogP contribution in [-0.4, -0.2) is 26.5 Å². The number of fused-ring (bicyclic) bond motifs is 1. The number of nitrogens with one attached hydrogen (secondary N) is 1. The summed E-state index contributed by atoms with van der Waals surface area (Å²) in [7, 11) is 0. The number of benzene rings is 2. The first-order chi connectivity index (χ1) is 15.3.